The Morgan fingerprint density at radius 3 is 2.41 bits per heavy atom. The number of nitrogens with one attached hydrogen (secondary N) is 1. The van der Waals surface area contributed by atoms with Crippen molar-refractivity contribution in [3.05, 3.63) is 64.7 Å². The van der Waals surface area contributed by atoms with Crippen molar-refractivity contribution in [1.29, 1.82) is 0 Å². The van der Waals surface area contributed by atoms with Crippen LogP contribution in [0, 0.1) is 26.7 Å². The highest BCUT2D eigenvalue weighted by atomic mass is 32.2. The van der Waals surface area contributed by atoms with Crippen LogP contribution in [0.15, 0.2) is 47.4 Å². The summed E-state index contributed by atoms with van der Waals surface area (Å²) < 4.78 is 27.3. The number of carbonyl (C=O) groups excluding carboxylic acids is 1. The first kappa shape index (κ1) is 21.5. The Hall–Kier alpha value is -2.18. The number of amides is 1. The van der Waals surface area contributed by atoms with Gasteiger partial charge in [0.2, 0.25) is 15.9 Å². The fourth-order valence-corrected chi connectivity index (χ4v) is 5.52. The zero-order valence-corrected chi connectivity index (χ0v) is 18.4. The van der Waals surface area contributed by atoms with Crippen LogP contribution in [0.4, 0.5) is 0 Å². The lowest BCUT2D eigenvalue weighted by Gasteiger charge is -2.32. The van der Waals surface area contributed by atoms with Crippen LogP contribution in [0.1, 0.15) is 48.1 Å². The standard InChI is InChI=1S/C23H30N2O3S/c1-16-13-18(3)22(14-17(16)2)19(4)24-23(26)20-9-8-12-25(15-20)29(27,28)21-10-6-5-7-11-21/h5-7,10-11,13-14,19-20H,8-9,12,15H2,1-4H3,(H,24,26)/t19-,20+/m0/s1. The van der Waals surface area contributed by atoms with E-state index in [-0.39, 0.29) is 29.3 Å². The average Bonchev–Trinajstić information content (AvgIpc) is 2.71. The minimum atomic E-state index is -3.57. The zero-order valence-electron chi connectivity index (χ0n) is 17.6. The number of nitrogens with zero attached hydrogens (tertiary/aromatic N) is 1. The molecule has 3 rings (SSSR count). The van der Waals surface area contributed by atoms with Crippen LogP contribution in [0.3, 0.4) is 0 Å². The van der Waals surface area contributed by atoms with Gasteiger partial charge in [-0.3, -0.25) is 4.79 Å². The highest BCUT2D eigenvalue weighted by molar-refractivity contribution is 7.89. The Bertz CT molecular complexity index is 987. The van der Waals surface area contributed by atoms with Gasteiger partial charge in [-0.25, -0.2) is 8.42 Å². The summed E-state index contributed by atoms with van der Waals surface area (Å²) in [7, 11) is -3.57. The fourth-order valence-electron chi connectivity index (χ4n) is 3.97. The lowest BCUT2D eigenvalue weighted by molar-refractivity contribution is -0.126. The third kappa shape index (κ3) is 4.70. The largest absolute Gasteiger partial charge is 0.349 e. The van der Waals surface area contributed by atoms with Crippen LogP contribution < -0.4 is 5.32 Å². The molecule has 0 saturated carbocycles. The summed E-state index contributed by atoms with van der Waals surface area (Å²) in [5.41, 5.74) is 4.69. The Morgan fingerprint density at radius 2 is 1.72 bits per heavy atom. The summed E-state index contributed by atoms with van der Waals surface area (Å²) in [6.45, 7) is 8.86. The maximum Gasteiger partial charge on any atom is 0.243 e. The molecule has 2 atom stereocenters. The number of benzene rings is 2. The highest BCUT2D eigenvalue weighted by Gasteiger charge is 2.33. The van der Waals surface area contributed by atoms with E-state index in [0.29, 0.717) is 19.4 Å². The summed E-state index contributed by atoms with van der Waals surface area (Å²) >= 11 is 0. The van der Waals surface area contributed by atoms with Gasteiger partial charge in [-0.2, -0.15) is 4.31 Å². The third-order valence-electron chi connectivity index (χ3n) is 5.84. The predicted octanol–water partition coefficient (Wildman–Crippen LogP) is 3.89. The first-order valence-corrected chi connectivity index (χ1v) is 11.6. The lowest BCUT2D eigenvalue weighted by atomic mass is 9.95. The lowest BCUT2D eigenvalue weighted by Crippen LogP contribution is -2.45. The monoisotopic (exact) mass is 414 g/mol. The van der Waals surface area contributed by atoms with Crippen molar-refractivity contribution in [1.82, 2.24) is 9.62 Å². The number of hydrogen-bond acceptors (Lipinski definition) is 3. The molecule has 0 aromatic heterocycles. The normalized spacial score (nSPS) is 19.0. The molecule has 156 valence electrons. The van der Waals surface area contributed by atoms with Crippen molar-refractivity contribution in [2.24, 2.45) is 5.92 Å². The van der Waals surface area contributed by atoms with E-state index in [1.54, 1.807) is 30.3 Å². The molecule has 0 bridgehead atoms. The highest BCUT2D eigenvalue weighted by Crippen LogP contribution is 2.26. The van der Waals surface area contributed by atoms with E-state index in [0.717, 1.165) is 11.1 Å². The number of rotatable bonds is 5. The molecule has 2 aromatic rings. The Labute approximate surface area is 174 Å². The van der Waals surface area contributed by atoms with Gasteiger partial charge in [-0.15, -0.1) is 0 Å². The van der Waals surface area contributed by atoms with Gasteiger partial charge in [0.15, 0.2) is 0 Å². The Kier molecular flexibility index (Phi) is 6.44. The molecule has 0 unspecified atom stereocenters. The Balaban J connectivity index is 1.71. The van der Waals surface area contributed by atoms with Gasteiger partial charge in [0, 0.05) is 13.1 Å². The first-order valence-electron chi connectivity index (χ1n) is 10.1. The van der Waals surface area contributed by atoms with Crippen molar-refractivity contribution in [3.63, 3.8) is 0 Å². The number of aryl methyl sites for hydroxylation is 3. The summed E-state index contributed by atoms with van der Waals surface area (Å²) in [5.74, 6) is -0.417. The van der Waals surface area contributed by atoms with Gasteiger partial charge in [-0.05, 0) is 74.9 Å². The maximum atomic E-state index is 12.9. The molecule has 1 fully saturated rings. The van der Waals surface area contributed by atoms with Gasteiger partial charge < -0.3 is 5.32 Å². The van der Waals surface area contributed by atoms with E-state index in [1.807, 2.05) is 6.92 Å². The molecule has 5 nitrogen and oxygen atoms in total. The number of carbonyl (C=O) groups is 1. The molecule has 1 amide bonds. The van der Waals surface area contributed by atoms with Crippen LogP contribution in [-0.4, -0.2) is 31.7 Å². The fraction of sp³-hybridized carbons (Fsp3) is 0.435. The van der Waals surface area contributed by atoms with E-state index in [1.165, 1.54) is 15.4 Å². The molecule has 0 aliphatic carbocycles. The quantitative estimate of drug-likeness (QED) is 0.807. The second-order valence-corrected chi connectivity index (χ2v) is 9.98. The third-order valence-corrected chi connectivity index (χ3v) is 7.72. The topological polar surface area (TPSA) is 66.5 Å². The molecule has 1 aliphatic heterocycles. The number of hydrogen-bond donors (Lipinski definition) is 1. The van der Waals surface area contributed by atoms with E-state index in [9.17, 15) is 13.2 Å². The van der Waals surface area contributed by atoms with Gasteiger partial charge in [0.05, 0.1) is 16.9 Å². The second kappa shape index (κ2) is 8.67. The zero-order chi connectivity index (χ0) is 21.2. The maximum absolute atomic E-state index is 12.9. The van der Waals surface area contributed by atoms with Crippen LogP contribution in [0.5, 0.6) is 0 Å². The van der Waals surface area contributed by atoms with E-state index in [2.05, 4.69) is 38.2 Å². The summed E-state index contributed by atoms with van der Waals surface area (Å²) in [6, 6.07) is 12.6. The first-order chi connectivity index (χ1) is 13.7. The molecule has 1 heterocycles. The molecule has 0 radical (unpaired) electrons. The minimum Gasteiger partial charge on any atom is -0.349 e. The van der Waals surface area contributed by atoms with Gasteiger partial charge in [0.25, 0.3) is 0 Å². The number of sulfonamides is 1. The molecule has 0 spiro atoms. The van der Waals surface area contributed by atoms with Crippen molar-refractivity contribution >= 4 is 15.9 Å². The van der Waals surface area contributed by atoms with Crippen LogP contribution >= 0.6 is 0 Å². The molecule has 1 saturated heterocycles. The number of piperidine rings is 1. The molecule has 6 heteroatoms. The van der Waals surface area contributed by atoms with Gasteiger partial charge >= 0.3 is 0 Å². The molecular formula is C23H30N2O3S. The van der Waals surface area contributed by atoms with Gasteiger partial charge in [0.1, 0.15) is 0 Å². The van der Waals surface area contributed by atoms with Crippen molar-refractivity contribution in [3.8, 4) is 0 Å². The smallest absolute Gasteiger partial charge is 0.243 e. The molecule has 1 aliphatic rings. The second-order valence-electron chi connectivity index (χ2n) is 8.04. The minimum absolute atomic E-state index is 0.0805. The van der Waals surface area contributed by atoms with Crippen molar-refractivity contribution in [2.75, 3.05) is 13.1 Å². The summed E-state index contributed by atoms with van der Waals surface area (Å²) in [6.07, 6.45) is 1.38. The Morgan fingerprint density at radius 1 is 1.07 bits per heavy atom. The van der Waals surface area contributed by atoms with Crippen molar-refractivity contribution < 1.29 is 13.2 Å². The van der Waals surface area contributed by atoms with E-state index >= 15 is 0 Å². The van der Waals surface area contributed by atoms with Crippen molar-refractivity contribution in [2.45, 2.75) is 51.5 Å². The van der Waals surface area contributed by atoms with Gasteiger partial charge in [-0.1, -0.05) is 30.3 Å². The molecule has 29 heavy (non-hydrogen) atoms. The van der Waals surface area contributed by atoms with E-state index in [4.69, 9.17) is 0 Å². The summed E-state index contributed by atoms with van der Waals surface area (Å²) in [4.78, 5) is 13.2. The molecule has 1 N–H and O–H groups in total. The van der Waals surface area contributed by atoms with Crippen LogP contribution in [-0.2, 0) is 14.8 Å². The summed E-state index contributed by atoms with van der Waals surface area (Å²) in [5, 5.41) is 3.10. The average molecular weight is 415 g/mol. The molecular weight excluding hydrogens is 384 g/mol. The van der Waals surface area contributed by atoms with Crippen LogP contribution in [0.2, 0.25) is 0 Å². The van der Waals surface area contributed by atoms with E-state index < -0.39 is 10.0 Å². The molecule has 2 aromatic carbocycles. The van der Waals surface area contributed by atoms with Crippen LogP contribution in [0.25, 0.3) is 0 Å². The predicted molar refractivity (Wildman–Crippen MR) is 115 cm³/mol. The SMILES string of the molecule is Cc1cc(C)c([C@H](C)NC(=O)[C@@H]2CCCN(S(=O)(=O)c3ccccc3)C2)cc1C.